The summed E-state index contributed by atoms with van der Waals surface area (Å²) >= 11 is 0. The van der Waals surface area contributed by atoms with Crippen LogP contribution in [0.5, 0.6) is 0 Å². The Bertz CT molecular complexity index is 2840. The summed E-state index contributed by atoms with van der Waals surface area (Å²) in [7, 11) is 0. The Morgan fingerprint density at radius 2 is 0.518 bits per heavy atom. The highest BCUT2D eigenvalue weighted by Crippen LogP contribution is 2.33. The quantitative estimate of drug-likeness (QED) is 0.165. The van der Waals surface area contributed by atoms with Gasteiger partial charge in [0.15, 0.2) is 11.6 Å². The molecule has 0 bridgehead atoms. The summed E-state index contributed by atoms with van der Waals surface area (Å²) in [6, 6.07) is 71.7. The first-order valence-electron chi connectivity index (χ1n) is 18.8. The van der Waals surface area contributed by atoms with Crippen molar-refractivity contribution in [3.8, 4) is 78.9 Å². The molecule has 0 saturated carbocycles. The van der Waals surface area contributed by atoms with E-state index in [-0.39, 0.29) is 0 Å². The summed E-state index contributed by atoms with van der Waals surface area (Å²) in [4.78, 5) is 20.2. The lowest BCUT2D eigenvalue weighted by molar-refractivity contribution is 1.18. The van der Waals surface area contributed by atoms with Gasteiger partial charge in [0.05, 0.1) is 22.8 Å². The summed E-state index contributed by atoms with van der Waals surface area (Å²) in [5, 5.41) is 4.74. The lowest BCUT2D eigenvalue weighted by atomic mass is 9.99. The first-order valence-corrected chi connectivity index (χ1v) is 18.8. The van der Waals surface area contributed by atoms with Crippen LogP contribution in [-0.2, 0) is 0 Å². The maximum Gasteiger partial charge on any atom is 0.160 e. The normalized spacial score (nSPS) is 11.2. The molecule has 56 heavy (non-hydrogen) atoms. The Morgan fingerprint density at radius 3 is 1.02 bits per heavy atom. The van der Waals surface area contributed by atoms with Gasteiger partial charge in [-0.2, -0.15) is 0 Å². The second kappa shape index (κ2) is 14.3. The molecule has 0 atom stereocenters. The molecule has 2 aromatic heterocycles. The van der Waals surface area contributed by atoms with Gasteiger partial charge in [0.1, 0.15) is 0 Å². The minimum atomic E-state index is 0.701. The molecular formula is C52H34N4. The van der Waals surface area contributed by atoms with Crippen LogP contribution < -0.4 is 0 Å². The van der Waals surface area contributed by atoms with Crippen molar-refractivity contribution in [1.82, 2.24) is 19.9 Å². The lowest BCUT2D eigenvalue weighted by Gasteiger charge is -2.12. The molecule has 0 N–H and O–H groups in total. The van der Waals surface area contributed by atoms with E-state index in [1.807, 2.05) is 36.4 Å². The van der Waals surface area contributed by atoms with Gasteiger partial charge in [-0.15, -0.1) is 0 Å². The maximum atomic E-state index is 5.15. The van der Waals surface area contributed by atoms with Crippen LogP contribution in [0.2, 0.25) is 0 Å². The maximum absolute atomic E-state index is 5.15. The highest BCUT2D eigenvalue weighted by molar-refractivity contribution is 5.89. The van der Waals surface area contributed by atoms with Crippen molar-refractivity contribution in [3.05, 3.63) is 206 Å². The van der Waals surface area contributed by atoms with E-state index < -0.39 is 0 Å². The molecular weight excluding hydrogens is 681 g/mol. The molecule has 10 rings (SSSR count). The summed E-state index contributed by atoms with van der Waals surface area (Å²) in [6.07, 6.45) is 0. The van der Waals surface area contributed by atoms with Crippen LogP contribution in [0.4, 0.5) is 0 Å². The van der Waals surface area contributed by atoms with E-state index in [4.69, 9.17) is 19.9 Å². The van der Waals surface area contributed by atoms with E-state index in [1.54, 1.807) is 0 Å². The molecule has 0 radical (unpaired) electrons. The minimum absolute atomic E-state index is 0.701. The molecule has 4 nitrogen and oxygen atoms in total. The highest BCUT2D eigenvalue weighted by Gasteiger charge is 2.14. The van der Waals surface area contributed by atoms with Gasteiger partial charge in [-0.25, -0.2) is 19.9 Å². The summed E-state index contributed by atoms with van der Waals surface area (Å²) in [6.45, 7) is 0. The predicted molar refractivity (Wildman–Crippen MR) is 231 cm³/mol. The van der Waals surface area contributed by atoms with Gasteiger partial charge in [0.2, 0.25) is 0 Å². The van der Waals surface area contributed by atoms with E-state index in [2.05, 4.69) is 170 Å². The van der Waals surface area contributed by atoms with E-state index in [0.29, 0.717) is 11.6 Å². The van der Waals surface area contributed by atoms with Crippen LogP contribution in [0.25, 0.3) is 100 Å². The summed E-state index contributed by atoms with van der Waals surface area (Å²) in [5.74, 6) is 1.41. The van der Waals surface area contributed by atoms with Gasteiger partial charge in [0, 0.05) is 33.4 Å². The predicted octanol–water partition coefficient (Wildman–Crippen LogP) is 13.2. The molecule has 0 aliphatic rings. The number of benzene rings is 8. The average Bonchev–Trinajstić information content (AvgIpc) is 3.29. The smallest absolute Gasteiger partial charge is 0.160 e. The lowest BCUT2D eigenvalue weighted by Crippen LogP contribution is -1.96. The number of aromatic nitrogens is 4. The first kappa shape index (κ1) is 33.0. The monoisotopic (exact) mass is 714 g/mol. The van der Waals surface area contributed by atoms with Crippen molar-refractivity contribution in [2.75, 3.05) is 0 Å². The SMILES string of the molecule is c1ccc(-c2cc(-c3ccc(-c4ccc(-c5cc(-c6ccc7ccccc7c6)nc(-c6ccc7ccccc7c6)n5)cc4)cc3)nc(-c3ccccc3)n2)cc1. The molecule has 0 aliphatic heterocycles. The zero-order valence-corrected chi connectivity index (χ0v) is 30.4. The molecule has 4 heteroatoms. The number of hydrogen-bond donors (Lipinski definition) is 0. The number of fused-ring (bicyclic) bond motifs is 2. The third-order valence-corrected chi connectivity index (χ3v) is 10.3. The number of rotatable bonds is 7. The van der Waals surface area contributed by atoms with Gasteiger partial charge in [0.25, 0.3) is 0 Å². The van der Waals surface area contributed by atoms with Crippen LogP contribution in [0, 0.1) is 0 Å². The van der Waals surface area contributed by atoms with Gasteiger partial charge in [-0.05, 0) is 56.9 Å². The molecule has 0 fully saturated rings. The van der Waals surface area contributed by atoms with E-state index in [9.17, 15) is 0 Å². The molecule has 262 valence electrons. The van der Waals surface area contributed by atoms with Crippen LogP contribution in [0.3, 0.4) is 0 Å². The number of nitrogens with zero attached hydrogens (tertiary/aromatic N) is 4. The van der Waals surface area contributed by atoms with Gasteiger partial charge in [-0.3, -0.25) is 0 Å². The van der Waals surface area contributed by atoms with Crippen molar-refractivity contribution in [2.24, 2.45) is 0 Å². The van der Waals surface area contributed by atoms with Crippen molar-refractivity contribution in [3.63, 3.8) is 0 Å². The van der Waals surface area contributed by atoms with Crippen molar-refractivity contribution in [2.45, 2.75) is 0 Å². The Labute approximate surface area is 325 Å². The van der Waals surface area contributed by atoms with Gasteiger partial charge >= 0.3 is 0 Å². The van der Waals surface area contributed by atoms with Gasteiger partial charge < -0.3 is 0 Å². The molecule has 2 heterocycles. The van der Waals surface area contributed by atoms with Crippen LogP contribution in [-0.4, -0.2) is 19.9 Å². The third kappa shape index (κ3) is 6.61. The van der Waals surface area contributed by atoms with Crippen molar-refractivity contribution in [1.29, 1.82) is 0 Å². The van der Waals surface area contributed by atoms with E-state index >= 15 is 0 Å². The topological polar surface area (TPSA) is 51.6 Å². The fraction of sp³-hybridized carbons (Fsp3) is 0. The van der Waals surface area contributed by atoms with Crippen molar-refractivity contribution >= 4 is 21.5 Å². The minimum Gasteiger partial charge on any atom is -0.228 e. The Kier molecular flexibility index (Phi) is 8.47. The fourth-order valence-electron chi connectivity index (χ4n) is 7.28. The molecule has 0 unspecified atom stereocenters. The zero-order valence-electron chi connectivity index (χ0n) is 30.4. The Hall–Kier alpha value is -7.56. The van der Waals surface area contributed by atoms with Crippen LogP contribution in [0.15, 0.2) is 206 Å². The molecule has 8 aromatic carbocycles. The van der Waals surface area contributed by atoms with E-state index in [0.717, 1.165) is 72.7 Å². The first-order chi connectivity index (χ1) is 27.7. The zero-order chi connectivity index (χ0) is 37.3. The highest BCUT2D eigenvalue weighted by atomic mass is 14.9. The third-order valence-electron chi connectivity index (χ3n) is 10.3. The largest absolute Gasteiger partial charge is 0.228 e. The molecule has 0 amide bonds. The molecule has 0 aliphatic carbocycles. The van der Waals surface area contributed by atoms with E-state index in [1.165, 1.54) is 16.2 Å². The van der Waals surface area contributed by atoms with Crippen LogP contribution in [0.1, 0.15) is 0 Å². The van der Waals surface area contributed by atoms with Crippen molar-refractivity contribution < 1.29 is 0 Å². The average molecular weight is 715 g/mol. The fourth-order valence-corrected chi connectivity index (χ4v) is 7.28. The van der Waals surface area contributed by atoms with Crippen LogP contribution >= 0.6 is 0 Å². The second-order valence-electron chi connectivity index (χ2n) is 13.9. The Balaban J connectivity index is 0.994. The Morgan fingerprint density at radius 1 is 0.196 bits per heavy atom. The standard InChI is InChI=1S/C52H34N4/c1-3-13-39(14-4-1)47-33-48(54-51(53-47)42-15-5-2-6-16-42)40-25-19-37(20-26-40)38-21-27-41(28-22-38)49-34-50(45-29-23-35-11-7-9-17-43(35)31-45)56-52(55-49)46-30-24-36-12-8-10-18-44(36)32-46/h1-34H. The molecule has 10 aromatic rings. The molecule has 0 saturated heterocycles. The summed E-state index contributed by atoms with van der Waals surface area (Å²) in [5.41, 5.74) is 11.9. The summed E-state index contributed by atoms with van der Waals surface area (Å²) < 4.78 is 0. The van der Waals surface area contributed by atoms with Gasteiger partial charge in [-0.1, -0.05) is 182 Å². The second-order valence-corrected chi connectivity index (χ2v) is 13.9. The molecule has 0 spiro atoms. The number of hydrogen-bond acceptors (Lipinski definition) is 4.